The SMILES string of the molecule is CCC(CC)S(=O)(=O)c1csc(NC(=O)c2ccc(C)cc2OC(C)=O)n1. The minimum atomic E-state index is -3.53. The molecule has 27 heavy (non-hydrogen) atoms. The fourth-order valence-electron chi connectivity index (χ4n) is 2.57. The van der Waals surface area contributed by atoms with Crippen LogP contribution in [0, 0.1) is 6.92 Å². The Morgan fingerprint density at radius 2 is 1.93 bits per heavy atom. The van der Waals surface area contributed by atoms with E-state index in [-0.39, 0.29) is 21.5 Å². The third kappa shape index (κ3) is 4.92. The number of esters is 1. The summed E-state index contributed by atoms with van der Waals surface area (Å²) in [5.74, 6) is -0.934. The van der Waals surface area contributed by atoms with Crippen LogP contribution in [-0.4, -0.2) is 30.5 Å². The lowest BCUT2D eigenvalue weighted by atomic mass is 10.1. The molecule has 146 valence electrons. The molecule has 1 heterocycles. The van der Waals surface area contributed by atoms with E-state index < -0.39 is 27.0 Å². The second-order valence-electron chi connectivity index (χ2n) is 6.02. The molecule has 9 heteroatoms. The van der Waals surface area contributed by atoms with Crippen LogP contribution in [0.5, 0.6) is 5.75 Å². The molecule has 2 aromatic rings. The lowest BCUT2D eigenvalue weighted by Crippen LogP contribution is -2.20. The normalized spacial score (nSPS) is 11.4. The molecule has 0 bridgehead atoms. The highest BCUT2D eigenvalue weighted by molar-refractivity contribution is 7.92. The van der Waals surface area contributed by atoms with Crippen molar-refractivity contribution in [3.05, 3.63) is 34.7 Å². The van der Waals surface area contributed by atoms with Crippen molar-refractivity contribution >= 4 is 38.2 Å². The third-order valence-corrected chi connectivity index (χ3v) is 7.22. The summed E-state index contributed by atoms with van der Waals surface area (Å²) in [6.07, 6.45) is 0.986. The molecule has 0 aliphatic heterocycles. The second kappa shape index (κ2) is 8.62. The van der Waals surface area contributed by atoms with Gasteiger partial charge >= 0.3 is 5.97 Å². The number of carbonyl (C=O) groups is 2. The third-order valence-electron chi connectivity index (χ3n) is 3.98. The average molecular weight is 411 g/mol. The number of aryl methyl sites for hydroxylation is 1. The maximum absolute atomic E-state index is 12.6. The lowest BCUT2D eigenvalue weighted by molar-refractivity contribution is -0.131. The van der Waals surface area contributed by atoms with Gasteiger partial charge in [0.25, 0.3) is 5.91 Å². The van der Waals surface area contributed by atoms with Crippen LogP contribution in [0.15, 0.2) is 28.6 Å². The van der Waals surface area contributed by atoms with Crippen molar-refractivity contribution in [2.45, 2.75) is 50.8 Å². The molecule has 0 atom stereocenters. The highest BCUT2D eigenvalue weighted by Gasteiger charge is 2.27. The van der Waals surface area contributed by atoms with Gasteiger partial charge in [0, 0.05) is 12.3 Å². The van der Waals surface area contributed by atoms with E-state index in [1.165, 1.54) is 12.3 Å². The molecule has 1 aromatic heterocycles. The average Bonchev–Trinajstić information content (AvgIpc) is 3.04. The van der Waals surface area contributed by atoms with Crippen LogP contribution in [0.25, 0.3) is 0 Å². The van der Waals surface area contributed by atoms with Crippen LogP contribution < -0.4 is 10.1 Å². The molecule has 0 aliphatic rings. The Balaban J connectivity index is 2.26. The number of anilines is 1. The predicted molar refractivity (Wildman–Crippen MR) is 104 cm³/mol. The molecular weight excluding hydrogens is 388 g/mol. The van der Waals surface area contributed by atoms with Crippen LogP contribution >= 0.6 is 11.3 Å². The van der Waals surface area contributed by atoms with E-state index in [0.29, 0.717) is 12.8 Å². The van der Waals surface area contributed by atoms with E-state index in [4.69, 9.17) is 4.74 Å². The first-order chi connectivity index (χ1) is 12.7. The number of hydrogen-bond acceptors (Lipinski definition) is 7. The summed E-state index contributed by atoms with van der Waals surface area (Å²) in [6.45, 7) is 6.69. The van der Waals surface area contributed by atoms with Gasteiger partial charge in [0.1, 0.15) is 5.75 Å². The molecule has 0 unspecified atom stereocenters. The Kier molecular flexibility index (Phi) is 6.72. The number of amides is 1. The highest BCUT2D eigenvalue weighted by atomic mass is 32.2. The summed E-state index contributed by atoms with van der Waals surface area (Å²) in [6, 6.07) is 4.84. The summed E-state index contributed by atoms with van der Waals surface area (Å²) in [5, 5.41) is 3.61. The molecule has 1 aromatic carbocycles. The minimum Gasteiger partial charge on any atom is -0.426 e. The van der Waals surface area contributed by atoms with E-state index in [0.717, 1.165) is 16.9 Å². The minimum absolute atomic E-state index is 0.0411. The summed E-state index contributed by atoms with van der Waals surface area (Å²) in [4.78, 5) is 27.9. The van der Waals surface area contributed by atoms with E-state index in [1.54, 1.807) is 18.2 Å². The number of aromatic nitrogens is 1. The number of benzene rings is 1. The molecule has 0 fully saturated rings. The van der Waals surface area contributed by atoms with Gasteiger partial charge in [-0.3, -0.25) is 14.9 Å². The number of sulfone groups is 1. The number of ether oxygens (including phenoxy) is 1. The van der Waals surface area contributed by atoms with Crippen molar-refractivity contribution in [2.24, 2.45) is 0 Å². The van der Waals surface area contributed by atoms with Crippen molar-refractivity contribution in [2.75, 3.05) is 5.32 Å². The van der Waals surface area contributed by atoms with Gasteiger partial charge < -0.3 is 4.74 Å². The fraction of sp³-hybridized carbons (Fsp3) is 0.389. The zero-order valence-electron chi connectivity index (χ0n) is 15.6. The first-order valence-electron chi connectivity index (χ1n) is 8.48. The summed E-state index contributed by atoms with van der Waals surface area (Å²) in [5.41, 5.74) is 0.992. The smallest absolute Gasteiger partial charge is 0.308 e. The molecule has 1 amide bonds. The van der Waals surface area contributed by atoms with Gasteiger partial charge in [0.15, 0.2) is 20.0 Å². The van der Waals surface area contributed by atoms with Gasteiger partial charge in [0.05, 0.1) is 10.8 Å². The number of thiazole rings is 1. The first kappa shape index (κ1) is 21.0. The number of rotatable bonds is 7. The Bertz CT molecular complexity index is 946. The molecular formula is C18H22N2O5S2. The number of hydrogen-bond donors (Lipinski definition) is 1. The van der Waals surface area contributed by atoms with Crippen molar-refractivity contribution < 1.29 is 22.7 Å². The number of carbonyl (C=O) groups excluding carboxylic acids is 2. The van der Waals surface area contributed by atoms with Gasteiger partial charge in [-0.05, 0) is 37.5 Å². The molecule has 1 N–H and O–H groups in total. The fourth-order valence-corrected chi connectivity index (χ4v) is 5.31. The Labute approximate surface area is 162 Å². The van der Waals surface area contributed by atoms with Crippen LogP contribution in [0.1, 0.15) is 49.5 Å². The predicted octanol–water partition coefficient (Wildman–Crippen LogP) is 3.59. The zero-order valence-corrected chi connectivity index (χ0v) is 17.2. The first-order valence-corrected chi connectivity index (χ1v) is 10.9. The summed E-state index contributed by atoms with van der Waals surface area (Å²) < 4.78 is 30.2. The summed E-state index contributed by atoms with van der Waals surface area (Å²) >= 11 is 1.03. The molecule has 0 saturated heterocycles. The van der Waals surface area contributed by atoms with Gasteiger partial charge in [-0.1, -0.05) is 19.9 Å². The maximum Gasteiger partial charge on any atom is 0.308 e. The molecule has 2 rings (SSSR count). The maximum atomic E-state index is 12.6. The topological polar surface area (TPSA) is 102 Å². The Morgan fingerprint density at radius 3 is 2.52 bits per heavy atom. The number of nitrogens with one attached hydrogen (secondary N) is 1. The highest BCUT2D eigenvalue weighted by Crippen LogP contribution is 2.27. The summed E-state index contributed by atoms with van der Waals surface area (Å²) in [7, 11) is -3.53. The van der Waals surface area contributed by atoms with Crippen molar-refractivity contribution in [1.29, 1.82) is 0 Å². The molecule has 0 radical (unpaired) electrons. The van der Waals surface area contributed by atoms with Crippen molar-refractivity contribution in [3.63, 3.8) is 0 Å². The zero-order chi connectivity index (χ0) is 20.2. The molecule has 0 saturated carbocycles. The molecule has 0 spiro atoms. The van der Waals surface area contributed by atoms with Gasteiger partial charge in [-0.2, -0.15) is 0 Å². The molecule has 0 aliphatic carbocycles. The quantitative estimate of drug-likeness (QED) is 0.553. The van der Waals surface area contributed by atoms with Crippen LogP contribution in [0.3, 0.4) is 0 Å². The van der Waals surface area contributed by atoms with E-state index in [2.05, 4.69) is 10.3 Å². The van der Waals surface area contributed by atoms with Gasteiger partial charge in [-0.15, -0.1) is 11.3 Å². The molecule has 7 nitrogen and oxygen atoms in total. The largest absolute Gasteiger partial charge is 0.426 e. The standard InChI is InChI=1S/C18H22N2O5S2/c1-5-13(6-2)27(23,24)16-10-26-18(19-16)20-17(22)14-8-7-11(3)9-15(14)25-12(4)21/h7-10,13H,5-6H2,1-4H3,(H,19,20,22). The van der Waals surface area contributed by atoms with E-state index >= 15 is 0 Å². The van der Waals surface area contributed by atoms with Crippen LogP contribution in [-0.2, 0) is 14.6 Å². The monoisotopic (exact) mass is 410 g/mol. The Hall–Kier alpha value is -2.26. The number of nitrogens with zero attached hydrogens (tertiary/aromatic N) is 1. The van der Waals surface area contributed by atoms with Gasteiger partial charge in [-0.25, -0.2) is 13.4 Å². The van der Waals surface area contributed by atoms with E-state index in [1.807, 2.05) is 20.8 Å². The second-order valence-corrected chi connectivity index (χ2v) is 9.05. The Morgan fingerprint density at radius 1 is 1.26 bits per heavy atom. The lowest BCUT2D eigenvalue weighted by Gasteiger charge is -2.11. The van der Waals surface area contributed by atoms with E-state index in [9.17, 15) is 18.0 Å². The van der Waals surface area contributed by atoms with Crippen LogP contribution in [0.4, 0.5) is 5.13 Å². The van der Waals surface area contributed by atoms with Crippen molar-refractivity contribution in [3.8, 4) is 5.75 Å². The van der Waals surface area contributed by atoms with Crippen molar-refractivity contribution in [1.82, 2.24) is 4.98 Å². The van der Waals surface area contributed by atoms with Crippen LogP contribution in [0.2, 0.25) is 0 Å². The van der Waals surface area contributed by atoms with Gasteiger partial charge in [0.2, 0.25) is 0 Å².